The molecule has 0 spiro atoms. The third kappa shape index (κ3) is 10.8. The van der Waals surface area contributed by atoms with Crippen LogP contribution in [-0.2, 0) is 10.8 Å². The monoisotopic (exact) mass is 858 g/mol. The molecule has 2 atom stereocenters. The van der Waals surface area contributed by atoms with Crippen LogP contribution in [0, 0.1) is 11.3 Å². The summed E-state index contributed by atoms with van der Waals surface area (Å²) in [5, 5.41) is 33.0. The Morgan fingerprint density at radius 3 is 0.917 bits per heavy atom. The van der Waals surface area contributed by atoms with Gasteiger partial charge in [0.1, 0.15) is 0 Å². The van der Waals surface area contributed by atoms with E-state index in [9.17, 15) is 20.0 Å². The van der Waals surface area contributed by atoms with E-state index in [2.05, 4.69) is 72.8 Å². The van der Waals surface area contributed by atoms with Crippen LogP contribution < -0.4 is 0 Å². The first-order chi connectivity index (χ1) is 29.0. The molecule has 0 aromatic heterocycles. The maximum atomic E-state index is 12.3. The van der Waals surface area contributed by atoms with Gasteiger partial charge in [-0.3, -0.25) is 0 Å². The maximum absolute atomic E-state index is 12.3. The van der Waals surface area contributed by atoms with Crippen molar-refractivity contribution in [2.24, 2.45) is 0 Å². The quantitative estimate of drug-likeness (QED) is 0.0293. The number of nitrogens with zero attached hydrogens (tertiary/aromatic N) is 2. The molecule has 60 heavy (non-hydrogen) atoms. The first kappa shape index (κ1) is 46.8. The van der Waals surface area contributed by atoms with Crippen LogP contribution in [0.15, 0.2) is 182 Å². The summed E-state index contributed by atoms with van der Waals surface area (Å²) >= 11 is 0. The van der Waals surface area contributed by atoms with Gasteiger partial charge in [0.15, 0.2) is 0 Å². The summed E-state index contributed by atoms with van der Waals surface area (Å²) < 4.78 is 1.73. The molecule has 0 amide bonds. The van der Waals surface area contributed by atoms with Crippen LogP contribution >= 0.6 is 29.5 Å². The van der Waals surface area contributed by atoms with Gasteiger partial charge in [-0.05, 0) is 33.4 Å². The van der Waals surface area contributed by atoms with Crippen molar-refractivity contribution in [3.8, 4) is 6.07 Å². The second kappa shape index (κ2) is 22.5. The Labute approximate surface area is 365 Å². The predicted molar refractivity (Wildman–Crippen MR) is 255 cm³/mol. The number of hydrogen-bond donors (Lipinski definition) is 4. The molecule has 0 aliphatic heterocycles. The van der Waals surface area contributed by atoms with Gasteiger partial charge in [0.25, 0.3) is 0 Å². The summed E-state index contributed by atoms with van der Waals surface area (Å²) in [6.07, 6.45) is -1.08. The smallest absolute Gasteiger partial charge is 0.0816 e. The van der Waals surface area contributed by atoms with Crippen LogP contribution in [0.3, 0.4) is 0 Å². The standard InChI is InChI=1S/C42H38O2S2.C9H21N2O2P/c43-39(41(33-19-7-1-8-20-33,34-21-9-2-10-22-34)35-23-11-3-12-24-35)31-45-46-32-40(44)42(36-25-13-4-14-26-36,37-27-15-5-16-28-37)38-29-17-6-18-30-38;1-8(2)11(9(3)4)14(12,13)7-5-6-10/h1-30,39-40,43-44H,31-32H2;8-9,12-14H,5,7H2,1-4H3. The van der Waals surface area contributed by atoms with E-state index in [1.807, 2.05) is 143 Å². The fraction of sp³-hybridized carbons (Fsp3) is 0.275. The molecule has 6 nitrogen and oxygen atoms in total. The molecular weight excluding hydrogens is 800 g/mol. The van der Waals surface area contributed by atoms with E-state index in [4.69, 9.17) is 5.26 Å². The molecule has 0 heterocycles. The Morgan fingerprint density at radius 2 is 0.717 bits per heavy atom. The van der Waals surface area contributed by atoms with E-state index in [-0.39, 0.29) is 24.7 Å². The van der Waals surface area contributed by atoms with Gasteiger partial charge < -0.3 is 10.2 Å². The van der Waals surface area contributed by atoms with Crippen LogP contribution in [-0.4, -0.2) is 66.6 Å². The molecule has 6 rings (SSSR count). The molecule has 0 fully saturated rings. The second-order valence-electron chi connectivity index (χ2n) is 15.4. The minimum atomic E-state index is -3.37. The number of aliphatic hydroxyl groups excluding tert-OH is 2. The number of rotatable bonds is 18. The van der Waals surface area contributed by atoms with Gasteiger partial charge in [-0.2, -0.15) is 0 Å². The molecule has 9 heteroatoms. The summed E-state index contributed by atoms with van der Waals surface area (Å²) in [6, 6.07) is 64.0. The van der Waals surface area contributed by atoms with Crippen LogP contribution in [0.25, 0.3) is 0 Å². The molecule has 4 N–H and O–H groups in total. The minimum Gasteiger partial charge on any atom is -0.391 e. The minimum absolute atomic E-state index is 0.0929. The van der Waals surface area contributed by atoms with Crippen molar-refractivity contribution in [2.75, 3.05) is 17.7 Å². The number of aliphatic hydroxyl groups is 2. The van der Waals surface area contributed by atoms with Crippen LogP contribution in [0.2, 0.25) is 0 Å². The molecule has 0 saturated heterocycles. The maximum Gasteiger partial charge on any atom is 0.0816 e. The zero-order valence-corrected chi connectivity index (χ0v) is 37.6. The van der Waals surface area contributed by atoms with Crippen molar-refractivity contribution in [3.05, 3.63) is 215 Å². The van der Waals surface area contributed by atoms with E-state index in [0.717, 1.165) is 33.4 Å². The van der Waals surface area contributed by atoms with Crippen molar-refractivity contribution in [1.82, 2.24) is 4.67 Å². The molecule has 0 aliphatic rings. The Balaban J connectivity index is 0.000000419. The van der Waals surface area contributed by atoms with Gasteiger partial charge in [0.2, 0.25) is 0 Å². The normalized spacial score (nSPS) is 13.3. The third-order valence-corrected chi connectivity index (χ3v) is 16.2. The number of benzene rings is 6. The Bertz CT molecular complexity index is 1820. The Kier molecular flexibility index (Phi) is 17.6. The van der Waals surface area contributed by atoms with Crippen LogP contribution in [0.4, 0.5) is 0 Å². The third-order valence-electron chi connectivity index (χ3n) is 11.0. The molecule has 314 valence electrons. The summed E-state index contributed by atoms with van der Waals surface area (Å²) in [5.41, 5.74) is 4.73. The van der Waals surface area contributed by atoms with E-state index in [0.29, 0.717) is 11.5 Å². The fourth-order valence-corrected chi connectivity index (χ4v) is 13.3. The van der Waals surface area contributed by atoms with Gasteiger partial charge in [0.05, 0.1) is 23.0 Å². The average molecular weight is 859 g/mol. The predicted octanol–water partition coefficient (Wildman–Crippen LogP) is 10.7. The summed E-state index contributed by atoms with van der Waals surface area (Å²) in [5.74, 6) is 0.927. The van der Waals surface area contributed by atoms with Gasteiger partial charge in [-0.1, -0.05) is 204 Å². The topological polar surface area (TPSA) is 108 Å². The first-order valence-electron chi connectivity index (χ1n) is 20.5. The zero-order chi connectivity index (χ0) is 43.0. The molecular formula is C51H59N2O4PS2. The second-order valence-corrected chi connectivity index (χ2v) is 20.6. The van der Waals surface area contributed by atoms with Crippen LogP contribution in [0.5, 0.6) is 0 Å². The van der Waals surface area contributed by atoms with E-state index >= 15 is 0 Å². The molecule has 6 aromatic carbocycles. The molecule has 0 bridgehead atoms. The molecule has 0 aliphatic carbocycles. The van der Waals surface area contributed by atoms with Gasteiger partial charge >= 0.3 is 86.0 Å². The summed E-state index contributed by atoms with van der Waals surface area (Å²) in [4.78, 5) is 19.8. The van der Waals surface area contributed by atoms with E-state index in [1.165, 1.54) is 0 Å². The van der Waals surface area contributed by atoms with E-state index in [1.54, 1.807) is 26.3 Å². The van der Waals surface area contributed by atoms with Gasteiger partial charge in [-0.15, -0.1) is 0 Å². The van der Waals surface area contributed by atoms with Crippen molar-refractivity contribution >= 4 is 29.5 Å². The average Bonchev–Trinajstić information content (AvgIpc) is 3.27. The largest absolute Gasteiger partial charge is 0.391 e. The number of nitriles is 1. The summed E-state index contributed by atoms with van der Waals surface area (Å²) in [7, 11) is -0.151. The first-order valence-corrected chi connectivity index (χ1v) is 25.1. The molecule has 0 radical (unpaired) electrons. The van der Waals surface area contributed by atoms with Gasteiger partial charge in [0, 0.05) is 11.5 Å². The number of hydrogen-bond acceptors (Lipinski definition) is 8. The van der Waals surface area contributed by atoms with Crippen molar-refractivity contribution in [2.45, 2.75) is 69.2 Å². The SMILES string of the molecule is CC(C)N(C(C)C)[PH](O)(O)CCC#N.OC(CSSCC(O)C(c1ccccc1)(c1ccccc1)c1ccccc1)C(c1ccccc1)(c1ccccc1)c1ccccc1. The van der Waals surface area contributed by atoms with Crippen molar-refractivity contribution in [1.29, 1.82) is 5.26 Å². The summed E-state index contributed by atoms with van der Waals surface area (Å²) in [6.45, 7) is 7.72. The Morgan fingerprint density at radius 1 is 0.483 bits per heavy atom. The zero-order valence-electron chi connectivity index (χ0n) is 35.0. The van der Waals surface area contributed by atoms with Gasteiger partial charge in [-0.25, -0.2) is 0 Å². The van der Waals surface area contributed by atoms with E-state index < -0.39 is 30.9 Å². The van der Waals surface area contributed by atoms with Crippen LogP contribution in [0.1, 0.15) is 67.5 Å². The van der Waals surface area contributed by atoms with Crippen molar-refractivity contribution in [3.63, 3.8) is 0 Å². The molecule has 0 saturated carbocycles. The fourth-order valence-electron chi connectivity index (χ4n) is 8.61. The molecule has 2 unspecified atom stereocenters. The van der Waals surface area contributed by atoms with Crippen molar-refractivity contribution < 1.29 is 20.0 Å². The molecule has 6 aromatic rings. The Hall–Kier alpha value is -4.26.